The van der Waals surface area contributed by atoms with E-state index in [4.69, 9.17) is 11.6 Å². The van der Waals surface area contributed by atoms with Gasteiger partial charge in [-0.15, -0.1) is 12.4 Å². The molecule has 5 nitrogen and oxygen atoms in total. The van der Waals surface area contributed by atoms with E-state index in [1.807, 2.05) is 18.2 Å². The maximum absolute atomic E-state index is 12.2. The lowest BCUT2D eigenvalue weighted by molar-refractivity contribution is -0.384. The van der Waals surface area contributed by atoms with Crippen molar-refractivity contribution < 1.29 is 9.72 Å². The Kier molecular flexibility index (Phi) is 9.76. The average molecular weight is 451 g/mol. The number of nitrogens with zero attached hydrogens (tertiary/aromatic N) is 1. The van der Waals surface area contributed by atoms with Crippen LogP contribution in [0.15, 0.2) is 48.5 Å². The third-order valence-electron chi connectivity index (χ3n) is 5.76. The van der Waals surface area contributed by atoms with Crippen molar-refractivity contribution in [2.45, 2.75) is 44.4 Å². The first-order valence-electron chi connectivity index (χ1n) is 10.3. The number of benzene rings is 2. The summed E-state index contributed by atoms with van der Waals surface area (Å²) in [4.78, 5) is 22.6. The number of nitrogens with one attached hydrogen (secondary N) is 1. The fourth-order valence-corrected chi connectivity index (χ4v) is 4.24. The summed E-state index contributed by atoms with van der Waals surface area (Å²) in [5.74, 6) is 1.30. The third-order valence-corrected chi connectivity index (χ3v) is 5.99. The zero-order valence-corrected chi connectivity index (χ0v) is 18.5. The molecule has 1 aliphatic carbocycles. The molecule has 0 spiro atoms. The molecule has 2 aromatic rings. The van der Waals surface area contributed by atoms with Crippen LogP contribution in [0.1, 0.15) is 60.4 Å². The summed E-state index contributed by atoms with van der Waals surface area (Å²) in [7, 11) is 0. The van der Waals surface area contributed by atoms with E-state index in [1.165, 1.54) is 5.56 Å². The molecular formula is C23H28Cl2N2O3. The molecule has 0 amide bonds. The Bertz CT molecular complexity index is 835. The van der Waals surface area contributed by atoms with Crippen LogP contribution in [0.3, 0.4) is 0 Å². The summed E-state index contributed by atoms with van der Waals surface area (Å²) < 4.78 is 0. The molecule has 0 bridgehead atoms. The van der Waals surface area contributed by atoms with Crippen LogP contribution >= 0.6 is 24.0 Å². The average Bonchev–Trinajstić information content (AvgIpc) is 2.74. The van der Waals surface area contributed by atoms with Crippen molar-refractivity contribution in [3.63, 3.8) is 0 Å². The van der Waals surface area contributed by atoms with Crippen molar-refractivity contribution in [1.29, 1.82) is 0 Å². The van der Waals surface area contributed by atoms with Crippen LogP contribution in [0.25, 0.3) is 0 Å². The van der Waals surface area contributed by atoms with Crippen LogP contribution in [0.5, 0.6) is 0 Å². The number of halogens is 2. The van der Waals surface area contributed by atoms with Gasteiger partial charge in [0.2, 0.25) is 0 Å². The van der Waals surface area contributed by atoms with E-state index in [0.717, 1.165) is 45.2 Å². The Hall–Kier alpha value is -1.95. The van der Waals surface area contributed by atoms with Crippen LogP contribution in [0.4, 0.5) is 5.69 Å². The summed E-state index contributed by atoms with van der Waals surface area (Å²) >= 11 is 5.94. The van der Waals surface area contributed by atoms with Gasteiger partial charge in [-0.3, -0.25) is 14.9 Å². The highest BCUT2D eigenvalue weighted by Gasteiger charge is 2.22. The first-order valence-corrected chi connectivity index (χ1v) is 10.6. The minimum atomic E-state index is -0.352. The molecule has 7 heteroatoms. The smallest absolute Gasteiger partial charge is 0.269 e. The number of hydrogen-bond donors (Lipinski definition) is 1. The van der Waals surface area contributed by atoms with Crippen molar-refractivity contribution in [1.82, 2.24) is 5.32 Å². The standard InChI is InChI=1S/C23H27ClN2O3.ClH/c24-21-4-1-3-20(15-21)23(27)5-2-14-25-16-17-6-8-18(9-7-17)19-10-12-22(13-11-19)26(28)29;/h1,3-4,10-13,15,17-18,25H,2,5-9,14,16H2;1H. The minimum Gasteiger partial charge on any atom is -0.316 e. The Morgan fingerprint density at radius 1 is 1.10 bits per heavy atom. The summed E-state index contributed by atoms with van der Waals surface area (Å²) in [6.07, 6.45) is 5.92. The van der Waals surface area contributed by atoms with Gasteiger partial charge in [0.05, 0.1) is 4.92 Å². The second-order valence-corrected chi connectivity index (χ2v) is 8.24. The van der Waals surface area contributed by atoms with E-state index < -0.39 is 0 Å². The summed E-state index contributed by atoms with van der Waals surface area (Å²) in [6, 6.07) is 14.1. The molecule has 30 heavy (non-hydrogen) atoms. The minimum absolute atomic E-state index is 0. The van der Waals surface area contributed by atoms with Crippen LogP contribution in [-0.4, -0.2) is 23.8 Å². The van der Waals surface area contributed by atoms with Crippen molar-refractivity contribution >= 4 is 35.5 Å². The highest BCUT2D eigenvalue weighted by atomic mass is 35.5. The van der Waals surface area contributed by atoms with Gasteiger partial charge in [-0.25, -0.2) is 0 Å². The molecule has 2 aromatic carbocycles. The van der Waals surface area contributed by atoms with Gasteiger partial charge in [-0.1, -0.05) is 35.9 Å². The molecule has 0 unspecified atom stereocenters. The van der Waals surface area contributed by atoms with Crippen molar-refractivity contribution in [2.75, 3.05) is 13.1 Å². The molecule has 0 radical (unpaired) electrons. The molecule has 1 fully saturated rings. The zero-order valence-electron chi connectivity index (χ0n) is 16.9. The Labute approximate surface area is 188 Å². The molecule has 0 aliphatic heterocycles. The van der Waals surface area contributed by atoms with Gasteiger partial charge in [0, 0.05) is 29.1 Å². The fraction of sp³-hybridized carbons (Fsp3) is 0.435. The van der Waals surface area contributed by atoms with Crippen LogP contribution in [0.2, 0.25) is 5.02 Å². The monoisotopic (exact) mass is 450 g/mol. The lowest BCUT2D eigenvalue weighted by atomic mass is 9.78. The molecule has 162 valence electrons. The maximum Gasteiger partial charge on any atom is 0.269 e. The van der Waals surface area contributed by atoms with E-state index >= 15 is 0 Å². The molecule has 0 atom stereocenters. The number of non-ortho nitro benzene ring substituents is 1. The van der Waals surface area contributed by atoms with E-state index in [9.17, 15) is 14.9 Å². The Morgan fingerprint density at radius 3 is 2.43 bits per heavy atom. The molecule has 1 saturated carbocycles. The fourth-order valence-electron chi connectivity index (χ4n) is 4.05. The highest BCUT2D eigenvalue weighted by Crippen LogP contribution is 2.36. The van der Waals surface area contributed by atoms with Gasteiger partial charge >= 0.3 is 0 Å². The van der Waals surface area contributed by atoms with E-state index in [1.54, 1.807) is 30.3 Å². The van der Waals surface area contributed by atoms with Crippen LogP contribution in [0, 0.1) is 16.0 Å². The van der Waals surface area contributed by atoms with Crippen molar-refractivity contribution in [3.05, 3.63) is 74.8 Å². The van der Waals surface area contributed by atoms with Gasteiger partial charge in [0.25, 0.3) is 5.69 Å². The number of Topliss-reactive ketones (excluding diaryl/α,β-unsaturated/α-hetero) is 1. The third kappa shape index (κ3) is 7.08. The zero-order chi connectivity index (χ0) is 20.6. The number of nitro benzene ring substituents is 1. The Balaban J connectivity index is 0.00000320. The van der Waals surface area contributed by atoms with Crippen LogP contribution in [-0.2, 0) is 0 Å². The first-order chi connectivity index (χ1) is 14.0. The number of hydrogen-bond acceptors (Lipinski definition) is 4. The second kappa shape index (κ2) is 12.0. The SMILES string of the molecule is Cl.O=C(CCCNCC1CCC(c2ccc([N+](=O)[O-])cc2)CC1)c1cccc(Cl)c1. The van der Waals surface area contributed by atoms with E-state index in [2.05, 4.69) is 5.32 Å². The number of carbonyl (C=O) groups excluding carboxylic acids is 1. The predicted octanol–water partition coefficient (Wildman–Crippen LogP) is 6.20. The van der Waals surface area contributed by atoms with Crippen molar-refractivity contribution in [2.24, 2.45) is 5.92 Å². The molecule has 1 aliphatic rings. The van der Waals surface area contributed by atoms with Crippen molar-refractivity contribution in [3.8, 4) is 0 Å². The van der Waals surface area contributed by atoms with Gasteiger partial charge in [-0.2, -0.15) is 0 Å². The van der Waals surface area contributed by atoms with Gasteiger partial charge in [0.15, 0.2) is 5.78 Å². The number of nitro groups is 1. The van der Waals surface area contributed by atoms with E-state index in [0.29, 0.717) is 28.8 Å². The second-order valence-electron chi connectivity index (χ2n) is 7.81. The number of ketones is 1. The number of carbonyl (C=O) groups is 1. The van der Waals surface area contributed by atoms with Crippen LogP contribution < -0.4 is 5.32 Å². The maximum atomic E-state index is 12.2. The Morgan fingerprint density at radius 2 is 1.80 bits per heavy atom. The number of rotatable bonds is 9. The van der Waals surface area contributed by atoms with Gasteiger partial charge < -0.3 is 5.32 Å². The topological polar surface area (TPSA) is 72.2 Å². The molecular weight excluding hydrogens is 423 g/mol. The molecule has 0 aromatic heterocycles. The summed E-state index contributed by atoms with van der Waals surface area (Å²) in [6.45, 7) is 1.83. The molecule has 1 N–H and O–H groups in total. The lowest BCUT2D eigenvalue weighted by Gasteiger charge is -2.29. The summed E-state index contributed by atoms with van der Waals surface area (Å²) in [5.41, 5.74) is 2.05. The highest BCUT2D eigenvalue weighted by molar-refractivity contribution is 6.31. The van der Waals surface area contributed by atoms with E-state index in [-0.39, 0.29) is 28.8 Å². The molecule has 3 rings (SSSR count). The first kappa shape index (κ1) is 24.3. The lowest BCUT2D eigenvalue weighted by Crippen LogP contribution is -2.27. The quantitative estimate of drug-likeness (QED) is 0.213. The van der Waals surface area contributed by atoms with Gasteiger partial charge in [0.1, 0.15) is 0 Å². The molecule has 0 heterocycles. The predicted molar refractivity (Wildman–Crippen MR) is 123 cm³/mol. The normalized spacial score (nSPS) is 18.4. The largest absolute Gasteiger partial charge is 0.316 e. The summed E-state index contributed by atoms with van der Waals surface area (Å²) in [5, 5.41) is 14.9. The van der Waals surface area contributed by atoms with Gasteiger partial charge in [-0.05, 0) is 74.7 Å². The molecule has 0 saturated heterocycles.